The summed E-state index contributed by atoms with van der Waals surface area (Å²) in [4.78, 5) is -0.461. The summed E-state index contributed by atoms with van der Waals surface area (Å²) in [5, 5.41) is 12.0. The summed E-state index contributed by atoms with van der Waals surface area (Å²) < 4.78 is 47.8. The fourth-order valence-electron chi connectivity index (χ4n) is 2.63. The van der Waals surface area contributed by atoms with E-state index in [1.807, 2.05) is 0 Å². The third kappa shape index (κ3) is 3.37. The van der Waals surface area contributed by atoms with E-state index in [0.29, 0.717) is 17.0 Å². The van der Waals surface area contributed by atoms with Crippen LogP contribution in [0, 0.1) is 5.82 Å². The van der Waals surface area contributed by atoms with Crippen LogP contribution in [0.3, 0.4) is 0 Å². The second kappa shape index (κ2) is 6.89. The van der Waals surface area contributed by atoms with Crippen LogP contribution in [0.15, 0.2) is 65.8 Å². The van der Waals surface area contributed by atoms with E-state index in [1.54, 1.807) is 40.9 Å². The van der Waals surface area contributed by atoms with Crippen molar-refractivity contribution in [2.24, 2.45) is 0 Å². The number of halogens is 1. The highest BCUT2D eigenvalue weighted by atomic mass is 32.2. The molecule has 0 saturated carbocycles. The van der Waals surface area contributed by atoms with Crippen molar-refractivity contribution in [2.75, 3.05) is 11.8 Å². The number of hydrogen-bond acceptors (Lipinski definition) is 6. The molecule has 0 saturated heterocycles. The first kappa shape index (κ1) is 17.9. The Bertz CT molecular complexity index is 1260. The van der Waals surface area contributed by atoms with Crippen molar-refractivity contribution in [3.63, 3.8) is 0 Å². The fraction of sp³-hybridized carbons (Fsp3) is 0.0556. The molecule has 0 bridgehead atoms. The normalized spacial score (nSPS) is 11.5. The van der Waals surface area contributed by atoms with Crippen LogP contribution in [-0.2, 0) is 10.0 Å². The molecule has 0 aliphatic rings. The van der Waals surface area contributed by atoms with E-state index in [9.17, 15) is 12.8 Å². The first-order chi connectivity index (χ1) is 13.5. The SMILES string of the molecule is COc1ccc(S(=O)(=O)Nc2ccc(-c3ccc4nncn4n3)cc2)c(F)c1. The van der Waals surface area contributed by atoms with Gasteiger partial charge in [0.15, 0.2) is 5.65 Å². The zero-order valence-corrected chi connectivity index (χ0v) is 15.4. The summed E-state index contributed by atoms with van der Waals surface area (Å²) >= 11 is 0. The van der Waals surface area contributed by atoms with Crippen LogP contribution >= 0.6 is 0 Å². The van der Waals surface area contributed by atoms with Crippen molar-refractivity contribution < 1.29 is 17.5 Å². The van der Waals surface area contributed by atoms with Crippen LogP contribution in [0.5, 0.6) is 5.75 Å². The minimum Gasteiger partial charge on any atom is -0.497 e. The minimum atomic E-state index is -4.08. The summed E-state index contributed by atoms with van der Waals surface area (Å²) in [5.41, 5.74) is 2.36. The summed E-state index contributed by atoms with van der Waals surface area (Å²) in [6.45, 7) is 0. The molecule has 4 aromatic rings. The van der Waals surface area contributed by atoms with E-state index >= 15 is 0 Å². The Morgan fingerprint density at radius 2 is 1.86 bits per heavy atom. The Kier molecular flexibility index (Phi) is 4.40. The van der Waals surface area contributed by atoms with Gasteiger partial charge in [-0.2, -0.15) is 9.61 Å². The van der Waals surface area contributed by atoms with Gasteiger partial charge in [-0.3, -0.25) is 4.72 Å². The molecule has 0 aliphatic heterocycles. The summed E-state index contributed by atoms with van der Waals surface area (Å²) in [5.74, 6) is -0.659. The van der Waals surface area contributed by atoms with Crippen LogP contribution in [0.25, 0.3) is 16.9 Å². The highest BCUT2D eigenvalue weighted by molar-refractivity contribution is 7.92. The van der Waals surface area contributed by atoms with Gasteiger partial charge < -0.3 is 4.74 Å². The van der Waals surface area contributed by atoms with Crippen molar-refractivity contribution in [1.82, 2.24) is 19.8 Å². The lowest BCUT2D eigenvalue weighted by Crippen LogP contribution is -2.14. The van der Waals surface area contributed by atoms with Gasteiger partial charge in [0, 0.05) is 17.3 Å². The molecule has 142 valence electrons. The number of sulfonamides is 1. The first-order valence-electron chi connectivity index (χ1n) is 8.10. The van der Waals surface area contributed by atoms with Crippen molar-refractivity contribution in [2.45, 2.75) is 4.90 Å². The third-order valence-electron chi connectivity index (χ3n) is 4.02. The van der Waals surface area contributed by atoms with Crippen LogP contribution in [0.4, 0.5) is 10.1 Å². The Morgan fingerprint density at radius 3 is 2.57 bits per heavy atom. The van der Waals surface area contributed by atoms with E-state index < -0.39 is 20.7 Å². The summed E-state index contributed by atoms with van der Waals surface area (Å²) in [6.07, 6.45) is 1.49. The van der Waals surface area contributed by atoms with E-state index in [-0.39, 0.29) is 5.75 Å². The maximum absolute atomic E-state index is 14.1. The molecule has 0 atom stereocenters. The lowest BCUT2D eigenvalue weighted by molar-refractivity contribution is 0.410. The molecule has 4 rings (SSSR count). The Hall–Kier alpha value is -3.53. The van der Waals surface area contributed by atoms with Crippen LogP contribution in [-0.4, -0.2) is 35.3 Å². The number of ether oxygens (including phenoxy) is 1. The molecular formula is C18H14FN5O3S. The highest BCUT2D eigenvalue weighted by Crippen LogP contribution is 2.24. The van der Waals surface area contributed by atoms with Crippen molar-refractivity contribution >= 4 is 21.4 Å². The van der Waals surface area contributed by atoms with Gasteiger partial charge in [-0.1, -0.05) is 12.1 Å². The van der Waals surface area contributed by atoms with E-state index in [4.69, 9.17) is 4.74 Å². The second-order valence-electron chi connectivity index (χ2n) is 5.83. The number of methoxy groups -OCH3 is 1. The van der Waals surface area contributed by atoms with Crippen LogP contribution < -0.4 is 9.46 Å². The average molecular weight is 399 g/mol. The van der Waals surface area contributed by atoms with Crippen molar-refractivity contribution in [3.05, 3.63) is 66.7 Å². The molecule has 0 unspecified atom stereocenters. The zero-order chi connectivity index (χ0) is 19.7. The highest BCUT2D eigenvalue weighted by Gasteiger charge is 2.20. The zero-order valence-electron chi connectivity index (χ0n) is 14.6. The number of fused-ring (bicyclic) bond motifs is 1. The average Bonchev–Trinajstić information content (AvgIpc) is 3.15. The topological polar surface area (TPSA) is 98.5 Å². The predicted octanol–water partition coefficient (Wildman–Crippen LogP) is 2.74. The van der Waals surface area contributed by atoms with Gasteiger partial charge in [0.05, 0.1) is 12.8 Å². The van der Waals surface area contributed by atoms with Gasteiger partial charge >= 0.3 is 0 Å². The molecule has 0 spiro atoms. The number of anilines is 1. The van der Waals surface area contributed by atoms with Gasteiger partial charge in [-0.25, -0.2) is 12.8 Å². The number of rotatable bonds is 5. The van der Waals surface area contributed by atoms with Gasteiger partial charge in [-0.05, 0) is 36.4 Å². The van der Waals surface area contributed by atoms with Crippen LogP contribution in [0.1, 0.15) is 0 Å². The predicted molar refractivity (Wildman–Crippen MR) is 100.0 cm³/mol. The summed E-state index contributed by atoms with van der Waals surface area (Å²) in [7, 11) is -2.71. The quantitative estimate of drug-likeness (QED) is 0.554. The molecular weight excluding hydrogens is 385 g/mol. The summed E-state index contributed by atoms with van der Waals surface area (Å²) in [6, 6.07) is 13.7. The maximum Gasteiger partial charge on any atom is 0.264 e. The Labute approximate surface area is 159 Å². The lowest BCUT2D eigenvalue weighted by atomic mass is 10.1. The van der Waals surface area contributed by atoms with Crippen LogP contribution in [0.2, 0.25) is 0 Å². The van der Waals surface area contributed by atoms with Crippen molar-refractivity contribution in [1.29, 1.82) is 0 Å². The smallest absolute Gasteiger partial charge is 0.264 e. The molecule has 28 heavy (non-hydrogen) atoms. The molecule has 0 fully saturated rings. The molecule has 1 N–H and O–H groups in total. The number of nitrogens with one attached hydrogen (secondary N) is 1. The Morgan fingerprint density at radius 1 is 1.07 bits per heavy atom. The number of hydrogen-bond donors (Lipinski definition) is 1. The number of aromatic nitrogens is 4. The van der Waals surface area contributed by atoms with Crippen molar-refractivity contribution in [3.8, 4) is 17.0 Å². The Balaban J connectivity index is 1.58. The first-order valence-corrected chi connectivity index (χ1v) is 9.58. The fourth-order valence-corrected chi connectivity index (χ4v) is 3.75. The molecule has 0 aliphatic carbocycles. The maximum atomic E-state index is 14.1. The molecule has 0 amide bonds. The van der Waals surface area contributed by atoms with Gasteiger partial charge in [0.1, 0.15) is 22.8 Å². The molecule has 2 aromatic heterocycles. The monoisotopic (exact) mass is 399 g/mol. The molecule has 2 aromatic carbocycles. The van der Waals surface area contributed by atoms with E-state index in [0.717, 1.165) is 17.7 Å². The number of nitrogens with zero attached hydrogens (tertiary/aromatic N) is 4. The lowest BCUT2D eigenvalue weighted by Gasteiger charge is -2.10. The van der Waals surface area contributed by atoms with Gasteiger partial charge in [0.25, 0.3) is 10.0 Å². The standard InChI is InChI=1S/C18H14FN5O3S/c1-27-14-6-8-17(15(19)10-14)28(25,26)23-13-4-2-12(3-5-13)16-7-9-18-21-20-11-24(18)22-16/h2-11,23H,1H3. The molecule has 8 nitrogen and oxygen atoms in total. The minimum absolute atomic E-state index is 0.235. The van der Waals surface area contributed by atoms with E-state index in [1.165, 1.54) is 19.5 Å². The van der Waals surface area contributed by atoms with Gasteiger partial charge in [-0.15, -0.1) is 10.2 Å². The van der Waals surface area contributed by atoms with Gasteiger partial charge in [0.2, 0.25) is 0 Å². The molecule has 0 radical (unpaired) electrons. The second-order valence-corrected chi connectivity index (χ2v) is 7.48. The van der Waals surface area contributed by atoms with E-state index in [2.05, 4.69) is 20.0 Å². The molecule has 10 heteroatoms. The third-order valence-corrected chi connectivity index (χ3v) is 5.44. The number of benzene rings is 2. The molecule has 2 heterocycles. The largest absolute Gasteiger partial charge is 0.497 e.